The summed E-state index contributed by atoms with van der Waals surface area (Å²) in [6.45, 7) is 26.7. The van der Waals surface area contributed by atoms with Crippen molar-refractivity contribution < 1.29 is 9.47 Å². The molecule has 2 heterocycles. The number of terminal acetylenes is 2. The van der Waals surface area contributed by atoms with E-state index in [2.05, 4.69) is 366 Å². The van der Waals surface area contributed by atoms with E-state index in [0.29, 0.717) is 17.8 Å². The molecule has 0 unspecified atom stereocenters. The summed E-state index contributed by atoms with van der Waals surface area (Å²) in [7, 11) is 0. The van der Waals surface area contributed by atoms with E-state index in [0.717, 1.165) is 63.3 Å². The van der Waals surface area contributed by atoms with Gasteiger partial charge in [0.25, 0.3) is 0 Å². The van der Waals surface area contributed by atoms with Crippen LogP contribution >= 0.6 is 23.5 Å². The first kappa shape index (κ1) is 88.2. The van der Waals surface area contributed by atoms with E-state index in [4.69, 9.17) is 22.3 Å². The van der Waals surface area contributed by atoms with Crippen molar-refractivity contribution in [3.05, 3.63) is 33.4 Å². The molecule has 99 heavy (non-hydrogen) atoms. The van der Waals surface area contributed by atoms with Gasteiger partial charge >= 0.3 is 0 Å². The fourth-order valence-electron chi connectivity index (χ4n) is 8.43. The Labute approximate surface area is 605 Å². The highest BCUT2D eigenvalue weighted by molar-refractivity contribution is 7.00. The molecular formula is C91H78N4O2S2. The zero-order valence-corrected chi connectivity index (χ0v) is 58.0. The van der Waals surface area contributed by atoms with Gasteiger partial charge in [0.15, 0.2) is 0 Å². The molecule has 0 radical (unpaired) electrons. The van der Waals surface area contributed by atoms with Crippen molar-refractivity contribution in [2.45, 2.75) is 193 Å². The molecule has 4 rings (SSSR count). The normalized spacial score (nSPS) is 7.62. The first-order valence-electron chi connectivity index (χ1n) is 30.5. The lowest BCUT2D eigenvalue weighted by Gasteiger charge is -2.21. The molecule has 8 heteroatoms. The molecule has 2 aromatic heterocycles. The second-order valence-corrected chi connectivity index (χ2v) is 21.4. The van der Waals surface area contributed by atoms with E-state index < -0.39 is 0 Å². The number of rotatable bonds is 18. The van der Waals surface area contributed by atoms with Crippen LogP contribution in [0.15, 0.2) is 0 Å². The molecule has 0 aliphatic rings. The lowest BCUT2D eigenvalue weighted by Crippen LogP contribution is -2.07. The molecule has 0 bridgehead atoms. The minimum atomic E-state index is 0. The van der Waals surface area contributed by atoms with E-state index in [-0.39, 0.29) is 34.8 Å². The van der Waals surface area contributed by atoms with Crippen LogP contribution in [0.2, 0.25) is 0 Å². The molecule has 6 nitrogen and oxygen atoms in total. The molecule has 0 saturated heterocycles. The molecule has 0 fully saturated rings. The van der Waals surface area contributed by atoms with Crippen LogP contribution in [0.5, 0.6) is 11.5 Å². The molecule has 4 aromatic rings. The average molecular weight is 1320 g/mol. The molecule has 0 aliphatic carbocycles. The standard InChI is InChI=1S/C38H20N2OS.C25H42N2OS.C25H4.3CH4/c1-7-8-9-10-11-12-13-14-15-16-17-18-19-20-21-22-23-24-25-26-27-28-29-30-41-38-33(6)34(31(2)3)36-37(40-42-39-36)35(38)32(4)5;1-7-8-9-10-11-12-13-14-15-16-17-28-25-20(6)21(18(2)3)23-24(27-29-26-23)22(25)19(4)5;1-3-5-7-9-11-13-15-17-19-21-23-25-24-22-20-18-16-14-12-10-8-6-4-2;;;/h1,31-32H,30H2,2-6H3;18-19H,7-17H2,1-6H3;1H,2H3;3*1H4. The van der Waals surface area contributed by atoms with Gasteiger partial charge in [-0.25, -0.2) is 0 Å². The van der Waals surface area contributed by atoms with Gasteiger partial charge in [-0.3, -0.25) is 0 Å². The van der Waals surface area contributed by atoms with Crippen molar-refractivity contribution in [1.82, 2.24) is 17.5 Å². The van der Waals surface area contributed by atoms with Crippen molar-refractivity contribution >= 4 is 45.5 Å². The number of aromatic nitrogens is 4. The first-order chi connectivity index (χ1) is 46.9. The number of unbranched alkanes of at least 4 members (excludes halogenated alkanes) is 9. The number of hydrogen-bond acceptors (Lipinski definition) is 8. The summed E-state index contributed by atoms with van der Waals surface area (Å²) in [6, 6.07) is 0. The van der Waals surface area contributed by atoms with Gasteiger partial charge in [-0.2, -0.15) is 17.5 Å². The molecule has 0 spiro atoms. The highest BCUT2D eigenvalue weighted by atomic mass is 32.1. The van der Waals surface area contributed by atoms with Crippen molar-refractivity contribution in [2.75, 3.05) is 13.2 Å². The third-order valence-electron chi connectivity index (χ3n) is 12.2. The first-order valence-corrected chi connectivity index (χ1v) is 32.0. The van der Waals surface area contributed by atoms with Gasteiger partial charge in [0.05, 0.1) is 30.1 Å². The van der Waals surface area contributed by atoms with Gasteiger partial charge in [-0.1, -0.05) is 148 Å². The van der Waals surface area contributed by atoms with E-state index in [9.17, 15) is 0 Å². The van der Waals surface area contributed by atoms with Crippen molar-refractivity contribution in [3.8, 4) is 297 Å². The summed E-state index contributed by atoms with van der Waals surface area (Å²) in [4.78, 5) is 0. The highest BCUT2D eigenvalue weighted by Gasteiger charge is 2.26. The lowest BCUT2D eigenvalue weighted by molar-refractivity contribution is 0.298. The van der Waals surface area contributed by atoms with E-state index in [1.165, 1.54) is 97.9 Å². The third kappa shape index (κ3) is 38.2. The van der Waals surface area contributed by atoms with Crippen LogP contribution in [0.4, 0.5) is 0 Å². The second kappa shape index (κ2) is 58.9. The summed E-state index contributed by atoms with van der Waals surface area (Å²) < 4.78 is 30.9. The Hall–Kier alpha value is -12.9. The Morgan fingerprint density at radius 2 is 0.545 bits per heavy atom. The van der Waals surface area contributed by atoms with Crippen LogP contribution in [0.3, 0.4) is 0 Å². The zero-order chi connectivity index (χ0) is 69.9. The predicted molar refractivity (Wildman–Crippen MR) is 418 cm³/mol. The molecule has 486 valence electrons. The van der Waals surface area contributed by atoms with E-state index in [1.54, 1.807) is 6.92 Å². The number of nitrogens with zero attached hydrogens (tertiary/aromatic N) is 4. The van der Waals surface area contributed by atoms with Gasteiger partial charge in [0, 0.05) is 82.2 Å². The largest absolute Gasteiger partial charge is 0.493 e. The number of fused-ring (bicyclic) bond motifs is 2. The van der Waals surface area contributed by atoms with Gasteiger partial charge in [0.2, 0.25) is 0 Å². The van der Waals surface area contributed by atoms with Crippen molar-refractivity contribution in [1.29, 1.82) is 0 Å². The molecule has 2 aromatic carbocycles. The lowest BCUT2D eigenvalue weighted by atomic mass is 9.89. The summed E-state index contributed by atoms with van der Waals surface area (Å²) in [5, 5.41) is 0. The maximum atomic E-state index is 6.41. The van der Waals surface area contributed by atoms with Gasteiger partial charge in [-0.05, 0) is 268 Å². The number of hydrogen-bond donors (Lipinski definition) is 0. The van der Waals surface area contributed by atoms with Crippen LogP contribution in [0.1, 0.15) is 213 Å². The summed E-state index contributed by atoms with van der Waals surface area (Å²) in [5.74, 6) is 118. The van der Waals surface area contributed by atoms with Crippen LogP contribution in [-0.4, -0.2) is 30.7 Å². The van der Waals surface area contributed by atoms with E-state index >= 15 is 0 Å². The summed E-state index contributed by atoms with van der Waals surface area (Å²) >= 11 is 2.55. The number of benzene rings is 2. The fourth-order valence-corrected chi connectivity index (χ4v) is 9.58. The molecular weight excluding hydrogens is 1250 g/mol. The second-order valence-electron chi connectivity index (χ2n) is 20.4. The molecule has 0 amide bonds. The minimum Gasteiger partial charge on any atom is -0.493 e. The Morgan fingerprint density at radius 3 is 0.808 bits per heavy atom. The molecule has 0 N–H and O–H groups in total. The van der Waals surface area contributed by atoms with Gasteiger partial charge in [-0.15, -0.1) is 12.8 Å². The third-order valence-corrected chi connectivity index (χ3v) is 13.2. The summed E-state index contributed by atoms with van der Waals surface area (Å²) in [5.41, 5.74) is 11.1. The molecule has 0 atom stereocenters. The van der Waals surface area contributed by atoms with Gasteiger partial charge < -0.3 is 9.47 Å². The predicted octanol–water partition coefficient (Wildman–Crippen LogP) is 15.4. The molecule has 0 saturated carbocycles. The topological polar surface area (TPSA) is 70.0 Å². The Kier molecular flexibility index (Phi) is 52.5. The van der Waals surface area contributed by atoms with Crippen LogP contribution in [0.25, 0.3) is 22.1 Å². The Balaban J connectivity index is 0. The molecule has 0 aliphatic heterocycles. The quantitative estimate of drug-likeness (QED) is 0.0730. The SMILES string of the molecule is C.C.C.C#CC#CC#CC#CC#CC#CC#CC#CC#CC#CC#CC#CC.C#CC#CC#CC#CC#CC#CC#CC#CC#CC#CC#CC#CCOc1c(C)c(C(C)C)c2nsnc2c1C(C)C.CCCCCCCCCCCCOc1c(C)c(C(C)C)c2nsnc2c1C(C)C. The monoisotopic (exact) mass is 1320 g/mol. The summed E-state index contributed by atoms with van der Waals surface area (Å²) in [6.07, 6.45) is 23.3. The van der Waals surface area contributed by atoms with Crippen molar-refractivity contribution in [2.24, 2.45) is 0 Å². The Morgan fingerprint density at radius 1 is 0.313 bits per heavy atom. The van der Waals surface area contributed by atoms with E-state index in [1.807, 2.05) is 0 Å². The zero-order valence-electron chi connectivity index (χ0n) is 56.4. The number of ether oxygens (including phenoxy) is 2. The fraction of sp³-hybridized carbons (Fsp3) is 0.341. The Bertz CT molecular complexity index is 5080. The highest BCUT2D eigenvalue weighted by Crippen LogP contribution is 2.43. The smallest absolute Gasteiger partial charge is 0.150 e. The maximum Gasteiger partial charge on any atom is 0.150 e. The van der Waals surface area contributed by atoms with Crippen LogP contribution in [-0.2, 0) is 0 Å². The van der Waals surface area contributed by atoms with Gasteiger partial charge in [0.1, 0.15) is 40.2 Å². The maximum absolute atomic E-state index is 6.41. The van der Waals surface area contributed by atoms with Crippen LogP contribution < -0.4 is 9.47 Å². The minimum absolute atomic E-state index is 0. The van der Waals surface area contributed by atoms with Crippen LogP contribution in [0, 0.1) is 299 Å². The van der Waals surface area contributed by atoms with Crippen molar-refractivity contribution in [3.63, 3.8) is 0 Å². The average Bonchev–Trinajstić information content (AvgIpc) is 1.75.